The van der Waals surface area contributed by atoms with Gasteiger partial charge in [0.2, 0.25) is 5.91 Å². The number of aliphatic carboxylic acids is 1. The van der Waals surface area contributed by atoms with Crippen LogP contribution in [0.1, 0.15) is 28.4 Å². The Morgan fingerprint density at radius 1 is 1.04 bits per heavy atom. The van der Waals surface area contributed by atoms with E-state index < -0.39 is 36.1 Å². The second-order valence-electron chi connectivity index (χ2n) is 5.98. The third-order valence-electron chi connectivity index (χ3n) is 3.82. The molecule has 9 heteroatoms. The number of nitrogens with one attached hydrogen (secondary N) is 2. The Balaban J connectivity index is 2.17. The lowest BCUT2D eigenvalue weighted by molar-refractivity contribution is -0.141. The lowest BCUT2D eigenvalue weighted by Crippen LogP contribution is -2.42. The van der Waals surface area contributed by atoms with Gasteiger partial charge >= 0.3 is 12.1 Å². The van der Waals surface area contributed by atoms with Gasteiger partial charge in [0.25, 0.3) is 5.91 Å². The summed E-state index contributed by atoms with van der Waals surface area (Å²) in [5.41, 5.74) is -0.638. The topological polar surface area (TPSA) is 95.5 Å². The monoisotopic (exact) mass is 394 g/mol. The highest BCUT2D eigenvalue weighted by atomic mass is 19.4. The standard InChI is InChI=1S/C19H17F3N2O4/c1-11(25)23-14-8-6-12(7-9-14)17(26)24-16(18(27)28)10-13-4-2-3-5-15(13)19(20,21)22/h2-9,16H,10H2,1H3,(H,23,25)(H,24,26)(H,27,28)/t16-/m0/s1. The van der Waals surface area contributed by atoms with Crippen LogP contribution in [0.5, 0.6) is 0 Å². The first-order valence-corrected chi connectivity index (χ1v) is 8.14. The SMILES string of the molecule is CC(=O)Nc1ccc(C(=O)N[C@@H](Cc2ccccc2C(F)(F)F)C(=O)O)cc1. The summed E-state index contributed by atoms with van der Waals surface area (Å²) in [4.78, 5) is 34.7. The van der Waals surface area contributed by atoms with E-state index >= 15 is 0 Å². The fraction of sp³-hybridized carbons (Fsp3) is 0.211. The molecule has 0 unspecified atom stereocenters. The maximum absolute atomic E-state index is 13.1. The number of halogens is 3. The number of carboxylic acids is 1. The smallest absolute Gasteiger partial charge is 0.416 e. The largest absolute Gasteiger partial charge is 0.480 e. The molecule has 0 aromatic heterocycles. The van der Waals surface area contributed by atoms with Gasteiger partial charge in [0.05, 0.1) is 5.56 Å². The van der Waals surface area contributed by atoms with Crippen molar-refractivity contribution in [3.05, 3.63) is 65.2 Å². The third-order valence-corrected chi connectivity index (χ3v) is 3.82. The highest BCUT2D eigenvalue weighted by Gasteiger charge is 2.34. The molecule has 0 aliphatic carbocycles. The second kappa shape index (κ2) is 8.55. The summed E-state index contributed by atoms with van der Waals surface area (Å²) in [7, 11) is 0. The van der Waals surface area contributed by atoms with Crippen LogP contribution in [-0.2, 0) is 22.2 Å². The molecule has 1 atom stereocenters. The highest BCUT2D eigenvalue weighted by Crippen LogP contribution is 2.32. The van der Waals surface area contributed by atoms with Crippen molar-refractivity contribution in [2.75, 3.05) is 5.32 Å². The Labute approximate surface area is 158 Å². The van der Waals surface area contributed by atoms with E-state index in [9.17, 15) is 32.7 Å². The average Bonchev–Trinajstić information content (AvgIpc) is 2.60. The Bertz CT molecular complexity index is 879. The zero-order chi connectivity index (χ0) is 20.9. The molecule has 0 aliphatic heterocycles. The molecule has 28 heavy (non-hydrogen) atoms. The van der Waals surface area contributed by atoms with E-state index in [1.54, 1.807) is 0 Å². The molecular formula is C19H17F3N2O4. The van der Waals surface area contributed by atoms with Crippen molar-refractivity contribution in [1.82, 2.24) is 5.32 Å². The summed E-state index contributed by atoms with van der Waals surface area (Å²) < 4.78 is 39.3. The van der Waals surface area contributed by atoms with E-state index in [2.05, 4.69) is 10.6 Å². The fourth-order valence-corrected chi connectivity index (χ4v) is 2.54. The summed E-state index contributed by atoms with van der Waals surface area (Å²) in [6, 6.07) is 8.68. The van der Waals surface area contributed by atoms with Crippen molar-refractivity contribution in [3.8, 4) is 0 Å². The molecule has 0 fully saturated rings. The van der Waals surface area contributed by atoms with Gasteiger partial charge in [0, 0.05) is 24.6 Å². The summed E-state index contributed by atoms with van der Waals surface area (Å²) >= 11 is 0. The lowest BCUT2D eigenvalue weighted by Gasteiger charge is -2.18. The number of hydrogen-bond acceptors (Lipinski definition) is 3. The number of carboxylic acid groups (broad SMARTS) is 1. The van der Waals surface area contributed by atoms with E-state index in [-0.39, 0.29) is 17.0 Å². The number of alkyl halides is 3. The van der Waals surface area contributed by atoms with E-state index in [1.165, 1.54) is 49.4 Å². The van der Waals surface area contributed by atoms with Crippen LogP contribution >= 0.6 is 0 Å². The number of hydrogen-bond donors (Lipinski definition) is 3. The quantitative estimate of drug-likeness (QED) is 0.702. The van der Waals surface area contributed by atoms with Gasteiger partial charge in [-0.25, -0.2) is 4.79 Å². The molecule has 0 saturated carbocycles. The first kappa shape index (κ1) is 20.9. The van der Waals surface area contributed by atoms with Crippen LogP contribution in [0.2, 0.25) is 0 Å². The molecule has 0 bridgehead atoms. The van der Waals surface area contributed by atoms with Gasteiger partial charge in [-0.05, 0) is 35.9 Å². The molecule has 2 rings (SSSR count). The molecule has 148 valence electrons. The minimum atomic E-state index is -4.64. The van der Waals surface area contributed by atoms with Crippen LogP contribution in [-0.4, -0.2) is 28.9 Å². The summed E-state index contributed by atoms with van der Waals surface area (Å²) in [5.74, 6) is -2.52. The molecule has 3 N–H and O–H groups in total. The average molecular weight is 394 g/mol. The molecule has 2 aromatic carbocycles. The first-order chi connectivity index (χ1) is 13.1. The van der Waals surface area contributed by atoms with E-state index in [1.807, 2.05) is 0 Å². The zero-order valence-corrected chi connectivity index (χ0v) is 14.7. The number of carbonyl (C=O) groups excluding carboxylic acids is 2. The van der Waals surface area contributed by atoms with Crippen LogP contribution in [0.15, 0.2) is 48.5 Å². The normalized spacial score (nSPS) is 12.1. The van der Waals surface area contributed by atoms with Gasteiger partial charge in [-0.15, -0.1) is 0 Å². The van der Waals surface area contributed by atoms with E-state index in [0.717, 1.165) is 6.07 Å². The molecular weight excluding hydrogens is 377 g/mol. The van der Waals surface area contributed by atoms with Gasteiger partial charge in [0.1, 0.15) is 6.04 Å². The van der Waals surface area contributed by atoms with Gasteiger partial charge in [0.15, 0.2) is 0 Å². The van der Waals surface area contributed by atoms with Crippen molar-refractivity contribution >= 4 is 23.5 Å². The van der Waals surface area contributed by atoms with Crippen molar-refractivity contribution in [2.45, 2.75) is 25.6 Å². The maximum atomic E-state index is 13.1. The van der Waals surface area contributed by atoms with Gasteiger partial charge in [-0.2, -0.15) is 13.2 Å². The third kappa shape index (κ3) is 5.57. The summed E-state index contributed by atoms with van der Waals surface area (Å²) in [6.45, 7) is 1.32. The van der Waals surface area contributed by atoms with Crippen LogP contribution in [0.25, 0.3) is 0 Å². The molecule has 6 nitrogen and oxygen atoms in total. The number of anilines is 1. The predicted octanol–water partition coefficient (Wildman–Crippen LogP) is 3.09. The second-order valence-corrected chi connectivity index (χ2v) is 5.98. The Kier molecular flexibility index (Phi) is 6.40. The molecule has 2 amide bonds. The van der Waals surface area contributed by atoms with Gasteiger partial charge in [-0.3, -0.25) is 9.59 Å². The summed E-state index contributed by atoms with van der Waals surface area (Å²) in [6.07, 6.45) is -5.16. The fourth-order valence-electron chi connectivity index (χ4n) is 2.54. The number of benzene rings is 2. The van der Waals surface area contributed by atoms with Crippen molar-refractivity contribution < 1.29 is 32.7 Å². The van der Waals surface area contributed by atoms with Gasteiger partial charge in [-0.1, -0.05) is 18.2 Å². The minimum absolute atomic E-state index is 0.101. The first-order valence-electron chi connectivity index (χ1n) is 8.14. The Hall–Kier alpha value is -3.36. The van der Waals surface area contributed by atoms with Crippen molar-refractivity contribution in [1.29, 1.82) is 0 Å². The zero-order valence-electron chi connectivity index (χ0n) is 14.7. The Morgan fingerprint density at radius 3 is 2.18 bits per heavy atom. The maximum Gasteiger partial charge on any atom is 0.416 e. The predicted molar refractivity (Wildman–Crippen MR) is 94.8 cm³/mol. The summed E-state index contributed by atoms with van der Waals surface area (Å²) in [5, 5.41) is 14.1. The molecule has 0 spiro atoms. The van der Waals surface area contributed by atoms with E-state index in [0.29, 0.717) is 5.69 Å². The van der Waals surface area contributed by atoms with Crippen molar-refractivity contribution in [2.24, 2.45) is 0 Å². The molecule has 0 heterocycles. The van der Waals surface area contributed by atoms with Crippen LogP contribution in [0.3, 0.4) is 0 Å². The Morgan fingerprint density at radius 2 is 1.64 bits per heavy atom. The van der Waals surface area contributed by atoms with Crippen molar-refractivity contribution in [3.63, 3.8) is 0 Å². The van der Waals surface area contributed by atoms with Crippen LogP contribution in [0.4, 0.5) is 18.9 Å². The molecule has 2 aromatic rings. The molecule has 0 saturated heterocycles. The highest BCUT2D eigenvalue weighted by molar-refractivity contribution is 5.97. The number of carbonyl (C=O) groups is 3. The van der Waals surface area contributed by atoms with E-state index in [4.69, 9.17) is 0 Å². The lowest BCUT2D eigenvalue weighted by atomic mass is 9.99. The number of amides is 2. The number of rotatable bonds is 6. The molecule has 0 radical (unpaired) electrons. The van der Waals surface area contributed by atoms with Crippen LogP contribution in [0, 0.1) is 0 Å². The molecule has 0 aliphatic rings. The minimum Gasteiger partial charge on any atom is -0.480 e. The van der Waals surface area contributed by atoms with Crippen LogP contribution < -0.4 is 10.6 Å². The van der Waals surface area contributed by atoms with Gasteiger partial charge < -0.3 is 15.7 Å².